The monoisotopic (exact) mass is 488 g/mol. The number of epoxide rings is 1. The van der Waals surface area contributed by atoms with Gasteiger partial charge in [0.15, 0.2) is 5.78 Å². The highest BCUT2D eigenvalue weighted by molar-refractivity contribution is 6.04. The number of nitrogens with zero attached hydrogens (tertiary/aromatic N) is 2. The molecule has 194 valence electrons. The third kappa shape index (κ3) is 6.49. The normalized spacial score (nSPS) is 33.3. The molecule has 0 radical (unpaired) electrons. The van der Waals surface area contributed by atoms with Crippen LogP contribution in [0.25, 0.3) is 0 Å². The van der Waals surface area contributed by atoms with Crippen LogP contribution in [0, 0.1) is 11.8 Å². The van der Waals surface area contributed by atoms with Gasteiger partial charge in [-0.3, -0.25) is 4.79 Å². The Balaban J connectivity index is 1.27. The van der Waals surface area contributed by atoms with Crippen LogP contribution in [0.15, 0.2) is 30.0 Å². The first-order chi connectivity index (χ1) is 16.7. The first kappa shape index (κ1) is 26.2. The molecule has 1 aromatic rings. The number of aliphatic hydroxyl groups is 3. The molecule has 0 spiro atoms. The molecule has 0 aliphatic carbocycles. The van der Waals surface area contributed by atoms with Gasteiger partial charge >= 0.3 is 0 Å². The lowest BCUT2D eigenvalue weighted by Gasteiger charge is -2.38. The van der Waals surface area contributed by atoms with Gasteiger partial charge in [-0.1, -0.05) is 12.5 Å². The highest BCUT2D eigenvalue weighted by Crippen LogP contribution is 2.38. The van der Waals surface area contributed by atoms with E-state index >= 15 is 0 Å². The van der Waals surface area contributed by atoms with Gasteiger partial charge < -0.3 is 29.7 Å². The predicted octanol–water partition coefficient (Wildman–Crippen LogP) is 2.50. The molecule has 4 heterocycles. The Morgan fingerprint density at radius 2 is 1.91 bits per heavy atom. The number of rotatable bonds is 9. The van der Waals surface area contributed by atoms with Crippen molar-refractivity contribution in [2.45, 2.75) is 89.5 Å². The number of aromatic nitrogens is 1. The SMILES string of the molecule is C/C(=C\C(=O)c1ccc(N2CCCCC2)nc1)C[C@@H]1OC[C@H](C[C@@H]2O[C@H]2[C@@H](C)[C@H](C)O)[C@@H](O)[C@H]1O. The molecule has 8 heteroatoms. The van der Waals surface area contributed by atoms with E-state index in [0.29, 0.717) is 25.0 Å². The van der Waals surface area contributed by atoms with Crippen molar-refractivity contribution in [1.29, 1.82) is 0 Å². The minimum Gasteiger partial charge on any atom is -0.393 e. The number of hydrogen-bond donors (Lipinski definition) is 3. The Hall–Kier alpha value is -1.84. The molecule has 0 bridgehead atoms. The molecular formula is C27H40N2O6. The maximum Gasteiger partial charge on any atom is 0.187 e. The van der Waals surface area contributed by atoms with Crippen molar-refractivity contribution in [3.05, 3.63) is 35.5 Å². The van der Waals surface area contributed by atoms with Crippen LogP contribution < -0.4 is 4.90 Å². The van der Waals surface area contributed by atoms with Crippen LogP contribution in [0.2, 0.25) is 0 Å². The third-order valence-corrected chi connectivity index (χ3v) is 7.79. The maximum atomic E-state index is 12.7. The number of aliphatic hydroxyl groups excluding tert-OH is 3. The summed E-state index contributed by atoms with van der Waals surface area (Å²) in [5.74, 6) is 0.578. The topological polar surface area (TPSA) is 116 Å². The van der Waals surface area contributed by atoms with Gasteiger partial charge in [-0.05, 0) is 64.2 Å². The summed E-state index contributed by atoms with van der Waals surface area (Å²) in [6, 6.07) is 3.72. The number of ketones is 1. The number of anilines is 1. The Labute approximate surface area is 208 Å². The number of allylic oxidation sites excluding steroid dienone is 1. The fraction of sp³-hybridized carbons (Fsp3) is 0.704. The van der Waals surface area contributed by atoms with E-state index in [9.17, 15) is 20.1 Å². The Morgan fingerprint density at radius 3 is 2.57 bits per heavy atom. The Bertz CT molecular complexity index is 882. The van der Waals surface area contributed by atoms with Crippen molar-refractivity contribution in [1.82, 2.24) is 4.98 Å². The van der Waals surface area contributed by atoms with Gasteiger partial charge in [-0.2, -0.15) is 0 Å². The maximum absolute atomic E-state index is 12.7. The molecule has 0 amide bonds. The summed E-state index contributed by atoms with van der Waals surface area (Å²) in [7, 11) is 0. The average molecular weight is 489 g/mol. The summed E-state index contributed by atoms with van der Waals surface area (Å²) < 4.78 is 11.6. The van der Waals surface area contributed by atoms with Crippen LogP contribution >= 0.6 is 0 Å². The molecule has 3 N–H and O–H groups in total. The van der Waals surface area contributed by atoms with Gasteiger partial charge in [0.1, 0.15) is 11.9 Å². The van der Waals surface area contributed by atoms with Crippen LogP contribution in [-0.4, -0.2) is 82.4 Å². The summed E-state index contributed by atoms with van der Waals surface area (Å²) >= 11 is 0. The molecule has 3 fully saturated rings. The van der Waals surface area contributed by atoms with Crippen molar-refractivity contribution >= 4 is 11.6 Å². The molecule has 3 aliphatic rings. The van der Waals surface area contributed by atoms with Crippen LogP contribution in [0.4, 0.5) is 5.82 Å². The van der Waals surface area contributed by atoms with Crippen LogP contribution in [-0.2, 0) is 9.47 Å². The highest BCUT2D eigenvalue weighted by atomic mass is 16.6. The molecule has 35 heavy (non-hydrogen) atoms. The first-order valence-electron chi connectivity index (χ1n) is 13.0. The quantitative estimate of drug-likeness (QED) is 0.276. The summed E-state index contributed by atoms with van der Waals surface area (Å²) in [5, 5.41) is 31.1. The first-order valence-corrected chi connectivity index (χ1v) is 13.0. The second-order valence-corrected chi connectivity index (χ2v) is 10.6. The van der Waals surface area contributed by atoms with Crippen molar-refractivity contribution in [3.63, 3.8) is 0 Å². The predicted molar refractivity (Wildman–Crippen MR) is 132 cm³/mol. The zero-order valence-corrected chi connectivity index (χ0v) is 21.0. The minimum atomic E-state index is -1.04. The number of piperidine rings is 1. The van der Waals surface area contributed by atoms with Gasteiger partial charge in [0.25, 0.3) is 0 Å². The number of carbonyl (C=O) groups is 1. The smallest absolute Gasteiger partial charge is 0.187 e. The summed E-state index contributed by atoms with van der Waals surface area (Å²) in [4.78, 5) is 19.5. The highest BCUT2D eigenvalue weighted by Gasteiger charge is 2.48. The van der Waals surface area contributed by atoms with Gasteiger partial charge in [-0.15, -0.1) is 0 Å². The number of ether oxygens (including phenoxy) is 2. The summed E-state index contributed by atoms with van der Waals surface area (Å²) in [5.41, 5.74) is 1.31. The lowest BCUT2D eigenvalue weighted by atomic mass is 9.85. The molecule has 8 atom stereocenters. The van der Waals surface area contributed by atoms with E-state index in [1.54, 1.807) is 19.2 Å². The second-order valence-electron chi connectivity index (χ2n) is 10.6. The molecule has 3 saturated heterocycles. The zero-order chi connectivity index (χ0) is 25.1. The number of pyridine rings is 1. The molecule has 3 aliphatic heterocycles. The van der Waals surface area contributed by atoms with E-state index in [2.05, 4.69) is 9.88 Å². The zero-order valence-electron chi connectivity index (χ0n) is 21.0. The van der Waals surface area contributed by atoms with E-state index < -0.39 is 24.4 Å². The number of hydrogen-bond acceptors (Lipinski definition) is 8. The Kier molecular flexibility index (Phi) is 8.60. The largest absolute Gasteiger partial charge is 0.393 e. The molecule has 8 nitrogen and oxygen atoms in total. The van der Waals surface area contributed by atoms with E-state index in [-0.39, 0.29) is 29.8 Å². The molecule has 0 unspecified atom stereocenters. The minimum absolute atomic E-state index is 0.0170. The van der Waals surface area contributed by atoms with E-state index in [1.807, 2.05) is 26.0 Å². The second kappa shape index (κ2) is 11.5. The molecule has 4 rings (SSSR count). The Morgan fingerprint density at radius 1 is 1.17 bits per heavy atom. The van der Waals surface area contributed by atoms with Crippen LogP contribution in [0.1, 0.15) is 63.2 Å². The van der Waals surface area contributed by atoms with Gasteiger partial charge in [0.2, 0.25) is 0 Å². The lowest BCUT2D eigenvalue weighted by Crippen LogP contribution is -2.50. The van der Waals surface area contributed by atoms with Crippen LogP contribution in [0.3, 0.4) is 0 Å². The van der Waals surface area contributed by atoms with Crippen molar-refractivity contribution in [2.24, 2.45) is 11.8 Å². The third-order valence-electron chi connectivity index (χ3n) is 7.79. The number of carbonyl (C=O) groups excluding carboxylic acids is 1. The molecule has 0 saturated carbocycles. The molecule has 1 aromatic heterocycles. The lowest BCUT2D eigenvalue weighted by molar-refractivity contribution is -0.165. The summed E-state index contributed by atoms with van der Waals surface area (Å²) in [6.07, 6.45) is 4.71. The van der Waals surface area contributed by atoms with Crippen LogP contribution in [0.5, 0.6) is 0 Å². The molecule has 0 aromatic carbocycles. The fourth-order valence-electron chi connectivity index (χ4n) is 5.24. The van der Waals surface area contributed by atoms with E-state index in [0.717, 1.165) is 24.5 Å². The van der Waals surface area contributed by atoms with Gasteiger partial charge in [-0.25, -0.2) is 4.98 Å². The van der Waals surface area contributed by atoms with E-state index in [1.165, 1.54) is 19.3 Å². The van der Waals surface area contributed by atoms with Gasteiger partial charge in [0, 0.05) is 36.7 Å². The standard InChI is InChI=1S/C27H40N2O6/c1-16(11-21(31)19-7-8-24(28-14-19)29-9-5-4-6-10-29)12-22-26(33)25(32)20(15-34-22)13-23-27(35-23)17(2)18(3)30/h7-8,11,14,17-18,20,22-23,25-27,30,32-33H,4-6,9-10,12-13,15H2,1-3H3/b16-11+/t17-,18-,20-,22-,23-,25+,26-,27-/m0/s1. The summed E-state index contributed by atoms with van der Waals surface area (Å²) in [6.45, 7) is 7.86. The fourth-order valence-corrected chi connectivity index (χ4v) is 5.24. The van der Waals surface area contributed by atoms with E-state index in [4.69, 9.17) is 9.47 Å². The van der Waals surface area contributed by atoms with Crippen molar-refractivity contribution in [2.75, 3.05) is 24.6 Å². The molecular weight excluding hydrogens is 448 g/mol. The van der Waals surface area contributed by atoms with Gasteiger partial charge in [0.05, 0.1) is 37.1 Å². The average Bonchev–Trinajstić information content (AvgIpc) is 3.63. The van der Waals surface area contributed by atoms with Crippen molar-refractivity contribution < 1.29 is 29.6 Å². The van der Waals surface area contributed by atoms with Crippen molar-refractivity contribution in [3.8, 4) is 0 Å².